The van der Waals surface area contributed by atoms with Crippen molar-refractivity contribution in [3.05, 3.63) is 119 Å². The summed E-state index contributed by atoms with van der Waals surface area (Å²) in [4.78, 5) is 65.8. The zero-order chi connectivity index (χ0) is 36.1. The number of fused-ring (bicyclic) bond motifs is 1. The van der Waals surface area contributed by atoms with E-state index in [0.29, 0.717) is 5.56 Å². The lowest BCUT2D eigenvalue weighted by atomic mass is 10.1. The number of benzene rings is 3. The molecule has 1 aliphatic heterocycles. The number of imidazole rings is 1. The summed E-state index contributed by atoms with van der Waals surface area (Å²) in [6.45, 7) is 4.76. The van der Waals surface area contributed by atoms with Crippen LogP contribution in [0.25, 0.3) is 11.2 Å². The summed E-state index contributed by atoms with van der Waals surface area (Å²) in [5, 5.41) is 2.51. The Labute approximate surface area is 300 Å². The maximum Gasteiger partial charge on any atom is 0.414 e. The minimum atomic E-state index is -1.32. The van der Waals surface area contributed by atoms with Crippen molar-refractivity contribution in [1.29, 1.82) is 0 Å². The third kappa shape index (κ3) is 8.38. The molecule has 4 atom stereocenters. The molecule has 0 aliphatic carbocycles. The van der Waals surface area contributed by atoms with E-state index >= 15 is 0 Å². The molecule has 3 heterocycles. The van der Waals surface area contributed by atoms with Gasteiger partial charge in [0.1, 0.15) is 28.4 Å². The number of hydrogen-bond donors (Lipinski definition) is 1. The predicted octanol–water partition coefficient (Wildman–Crippen LogP) is 6.14. The SMILES string of the molecule is CC(C)(C)OC(=O)Nc1nc(Br)c2ncn([C@@H]3O[C@H](COC(=O)c4ccccc4)[C@@H](OC(=O)c4ccccc4)[C@H]3OC(=O)c3ccccc3)c2n1. The highest BCUT2D eigenvalue weighted by atomic mass is 79.9. The van der Waals surface area contributed by atoms with Crippen molar-refractivity contribution in [3.63, 3.8) is 0 Å². The zero-order valence-electron chi connectivity index (χ0n) is 27.6. The van der Waals surface area contributed by atoms with Crippen molar-refractivity contribution in [1.82, 2.24) is 19.5 Å². The van der Waals surface area contributed by atoms with E-state index in [1.165, 1.54) is 10.9 Å². The van der Waals surface area contributed by atoms with E-state index < -0.39 is 54.1 Å². The molecule has 2 aromatic heterocycles. The van der Waals surface area contributed by atoms with E-state index in [1.54, 1.807) is 112 Å². The number of aromatic nitrogens is 4. The minimum absolute atomic E-state index is 0.124. The van der Waals surface area contributed by atoms with Gasteiger partial charge in [0.15, 0.2) is 24.1 Å². The van der Waals surface area contributed by atoms with Gasteiger partial charge in [-0.25, -0.2) is 29.1 Å². The van der Waals surface area contributed by atoms with Crippen molar-refractivity contribution >= 4 is 57.0 Å². The van der Waals surface area contributed by atoms with Gasteiger partial charge in [0.2, 0.25) is 5.95 Å². The number of carbonyl (C=O) groups excluding carboxylic acids is 4. The monoisotopic (exact) mass is 757 g/mol. The van der Waals surface area contributed by atoms with E-state index in [-0.39, 0.29) is 39.4 Å². The van der Waals surface area contributed by atoms with Crippen LogP contribution in [0.15, 0.2) is 102 Å². The van der Waals surface area contributed by atoms with E-state index in [0.717, 1.165) is 0 Å². The normalized spacial score (nSPS) is 18.5. The average Bonchev–Trinajstić information content (AvgIpc) is 3.68. The van der Waals surface area contributed by atoms with Crippen LogP contribution in [-0.4, -0.2) is 74.0 Å². The van der Waals surface area contributed by atoms with Crippen LogP contribution in [-0.2, 0) is 23.7 Å². The fourth-order valence-corrected chi connectivity index (χ4v) is 5.65. The van der Waals surface area contributed by atoms with Gasteiger partial charge in [-0.05, 0) is 73.1 Å². The van der Waals surface area contributed by atoms with E-state index in [2.05, 4.69) is 36.2 Å². The number of amides is 1. The molecule has 51 heavy (non-hydrogen) atoms. The molecule has 3 aromatic carbocycles. The van der Waals surface area contributed by atoms with Crippen LogP contribution in [0.1, 0.15) is 58.1 Å². The molecule has 0 bridgehead atoms. The van der Waals surface area contributed by atoms with Crippen LogP contribution in [0.2, 0.25) is 0 Å². The molecular formula is C36H32BrN5O9. The maximum atomic E-state index is 13.6. The number of nitrogens with one attached hydrogen (secondary N) is 1. The quantitative estimate of drug-likeness (QED) is 0.104. The topological polar surface area (TPSA) is 170 Å². The van der Waals surface area contributed by atoms with Crippen molar-refractivity contribution in [3.8, 4) is 0 Å². The van der Waals surface area contributed by atoms with Gasteiger partial charge in [-0.1, -0.05) is 54.6 Å². The molecule has 1 fully saturated rings. The Hall–Kier alpha value is -5.67. The van der Waals surface area contributed by atoms with Gasteiger partial charge in [0.05, 0.1) is 23.0 Å². The molecule has 1 N–H and O–H groups in total. The molecule has 1 amide bonds. The minimum Gasteiger partial charge on any atom is -0.459 e. The molecular weight excluding hydrogens is 726 g/mol. The van der Waals surface area contributed by atoms with Gasteiger partial charge in [0.25, 0.3) is 0 Å². The Morgan fingerprint density at radius 1 is 0.784 bits per heavy atom. The summed E-state index contributed by atoms with van der Waals surface area (Å²) < 4.78 is 31.1. The summed E-state index contributed by atoms with van der Waals surface area (Å²) in [5.74, 6) is -2.23. The first kappa shape index (κ1) is 35.2. The second-order valence-corrected chi connectivity index (χ2v) is 13.0. The highest BCUT2D eigenvalue weighted by molar-refractivity contribution is 9.10. The molecule has 15 heteroatoms. The van der Waals surface area contributed by atoms with E-state index in [4.69, 9.17) is 23.7 Å². The predicted molar refractivity (Wildman–Crippen MR) is 185 cm³/mol. The molecule has 0 spiro atoms. The number of esters is 3. The number of carbonyl (C=O) groups is 4. The highest BCUT2D eigenvalue weighted by Crippen LogP contribution is 2.37. The first-order chi connectivity index (χ1) is 24.5. The Bertz CT molecular complexity index is 2040. The van der Waals surface area contributed by atoms with Crippen LogP contribution in [0.4, 0.5) is 10.7 Å². The third-order valence-corrected chi connectivity index (χ3v) is 8.00. The smallest absolute Gasteiger partial charge is 0.414 e. The standard InChI is InChI=1S/C36H32BrN5O9/c1-36(2,3)51-35(46)41-34-39-28(37)25-29(40-34)42(20-38-25)30-27(50-33(45)23-17-11-6-12-18-23)26(49-32(44)22-15-9-5-10-16-22)24(48-30)19-47-31(43)21-13-7-4-8-14-21/h4-18,20,24,26-27,30H,19H2,1-3H3,(H,39,40,41,46)/t24-,26-,27-,30-/m1/s1. The van der Waals surface area contributed by atoms with Gasteiger partial charge < -0.3 is 23.7 Å². The lowest BCUT2D eigenvalue weighted by Gasteiger charge is -2.25. The van der Waals surface area contributed by atoms with Crippen molar-refractivity contribution in [2.24, 2.45) is 0 Å². The molecule has 0 radical (unpaired) electrons. The number of anilines is 1. The molecule has 1 saturated heterocycles. The fraction of sp³-hybridized carbons (Fsp3) is 0.250. The lowest BCUT2D eigenvalue weighted by Crippen LogP contribution is -2.41. The van der Waals surface area contributed by atoms with Crippen LogP contribution in [0, 0.1) is 0 Å². The number of hydrogen-bond acceptors (Lipinski definition) is 12. The summed E-state index contributed by atoms with van der Waals surface area (Å²) in [5.41, 5.74) is 0.405. The molecule has 0 unspecified atom stereocenters. The summed E-state index contributed by atoms with van der Waals surface area (Å²) in [7, 11) is 0. The van der Waals surface area contributed by atoms with Crippen LogP contribution >= 0.6 is 15.9 Å². The molecule has 6 rings (SSSR count). The van der Waals surface area contributed by atoms with E-state index in [9.17, 15) is 19.2 Å². The Balaban J connectivity index is 1.39. The summed E-state index contributed by atoms with van der Waals surface area (Å²) in [6, 6.07) is 24.8. The molecule has 5 aromatic rings. The van der Waals surface area contributed by atoms with Crippen LogP contribution in [0.5, 0.6) is 0 Å². The first-order valence-electron chi connectivity index (χ1n) is 15.8. The average molecular weight is 759 g/mol. The second-order valence-electron chi connectivity index (χ2n) is 12.3. The van der Waals surface area contributed by atoms with Gasteiger partial charge in [0, 0.05) is 0 Å². The van der Waals surface area contributed by atoms with Gasteiger partial charge >= 0.3 is 24.0 Å². The van der Waals surface area contributed by atoms with Gasteiger partial charge in [-0.15, -0.1) is 0 Å². The fourth-order valence-electron chi connectivity index (χ4n) is 5.20. The summed E-state index contributed by atoms with van der Waals surface area (Å²) in [6.07, 6.45) is -4.39. The van der Waals surface area contributed by atoms with Crippen molar-refractivity contribution in [2.45, 2.75) is 50.9 Å². The Morgan fingerprint density at radius 2 is 1.31 bits per heavy atom. The van der Waals surface area contributed by atoms with Gasteiger partial charge in [-0.3, -0.25) is 9.88 Å². The third-order valence-electron chi connectivity index (χ3n) is 7.44. The number of ether oxygens (including phenoxy) is 5. The first-order valence-corrected chi connectivity index (χ1v) is 16.6. The molecule has 1 aliphatic rings. The number of rotatable bonds is 9. The second kappa shape index (κ2) is 15.1. The lowest BCUT2D eigenvalue weighted by molar-refractivity contribution is -0.0606. The summed E-state index contributed by atoms with van der Waals surface area (Å²) >= 11 is 3.38. The Kier molecular flexibility index (Phi) is 10.4. The number of nitrogens with zero attached hydrogens (tertiary/aromatic N) is 4. The maximum absolute atomic E-state index is 13.6. The van der Waals surface area contributed by atoms with Crippen molar-refractivity contribution < 1.29 is 42.9 Å². The number of halogens is 1. The van der Waals surface area contributed by atoms with Crippen LogP contribution < -0.4 is 5.32 Å². The molecule has 0 saturated carbocycles. The largest absolute Gasteiger partial charge is 0.459 e. The van der Waals surface area contributed by atoms with Crippen molar-refractivity contribution in [2.75, 3.05) is 11.9 Å². The molecule has 262 valence electrons. The van der Waals surface area contributed by atoms with Gasteiger partial charge in [-0.2, -0.15) is 4.98 Å². The Morgan fingerprint density at radius 3 is 1.86 bits per heavy atom. The van der Waals surface area contributed by atoms with Crippen LogP contribution in [0.3, 0.4) is 0 Å². The molecule has 14 nitrogen and oxygen atoms in total. The zero-order valence-corrected chi connectivity index (χ0v) is 29.2. The highest BCUT2D eigenvalue weighted by Gasteiger charge is 2.52. The van der Waals surface area contributed by atoms with E-state index in [1.807, 2.05) is 0 Å².